The molecule has 2 heterocycles. The highest BCUT2D eigenvalue weighted by Gasteiger charge is 2.25. The molecule has 160 valence electrons. The average Bonchev–Trinajstić information content (AvgIpc) is 3.08. The van der Waals surface area contributed by atoms with Gasteiger partial charge in [-0.1, -0.05) is 24.3 Å². The third kappa shape index (κ3) is 5.46. The fourth-order valence-corrected chi connectivity index (χ4v) is 3.98. The molecular formula is C23H22N2O5S. The van der Waals surface area contributed by atoms with E-state index in [1.54, 1.807) is 6.08 Å². The third-order valence-corrected chi connectivity index (χ3v) is 5.70. The van der Waals surface area contributed by atoms with Gasteiger partial charge in [0.1, 0.15) is 11.5 Å². The van der Waals surface area contributed by atoms with E-state index in [0.29, 0.717) is 30.3 Å². The predicted octanol–water partition coefficient (Wildman–Crippen LogP) is 4.13. The van der Waals surface area contributed by atoms with Crippen LogP contribution in [0, 0.1) is 0 Å². The number of aryl methyl sites for hydroxylation is 1. The van der Waals surface area contributed by atoms with E-state index in [9.17, 15) is 14.4 Å². The maximum atomic E-state index is 11.7. The molecule has 7 nitrogen and oxygen atoms in total. The summed E-state index contributed by atoms with van der Waals surface area (Å²) >= 11 is 0.885. The van der Waals surface area contributed by atoms with Gasteiger partial charge < -0.3 is 14.8 Å². The van der Waals surface area contributed by atoms with E-state index in [1.165, 1.54) is 0 Å². The van der Waals surface area contributed by atoms with Gasteiger partial charge in [-0.15, -0.1) is 0 Å². The zero-order valence-electron chi connectivity index (χ0n) is 16.8. The Morgan fingerprint density at radius 3 is 2.55 bits per heavy atom. The van der Waals surface area contributed by atoms with Gasteiger partial charge >= 0.3 is 0 Å². The summed E-state index contributed by atoms with van der Waals surface area (Å²) in [6.45, 7) is 1.04. The Hall–Kier alpha value is -3.26. The van der Waals surface area contributed by atoms with Crippen molar-refractivity contribution in [2.75, 3.05) is 18.5 Å². The molecule has 3 amide bonds. The van der Waals surface area contributed by atoms with Crippen molar-refractivity contribution in [1.29, 1.82) is 0 Å². The van der Waals surface area contributed by atoms with Crippen molar-refractivity contribution in [2.24, 2.45) is 0 Å². The summed E-state index contributed by atoms with van der Waals surface area (Å²) in [7, 11) is 0. The topological polar surface area (TPSA) is 93.7 Å². The van der Waals surface area contributed by atoms with E-state index in [-0.39, 0.29) is 17.1 Å². The molecule has 0 atom stereocenters. The van der Waals surface area contributed by atoms with Gasteiger partial charge in [-0.2, -0.15) is 0 Å². The number of nitrogens with one attached hydrogen (secondary N) is 2. The molecule has 2 aromatic rings. The van der Waals surface area contributed by atoms with Crippen LogP contribution in [0.4, 0.5) is 10.5 Å². The van der Waals surface area contributed by atoms with Crippen molar-refractivity contribution in [1.82, 2.24) is 5.32 Å². The molecule has 2 aromatic carbocycles. The molecule has 1 saturated heterocycles. The van der Waals surface area contributed by atoms with Crippen LogP contribution in [-0.2, 0) is 16.0 Å². The van der Waals surface area contributed by atoms with Crippen LogP contribution in [0.15, 0.2) is 47.4 Å². The zero-order valence-corrected chi connectivity index (χ0v) is 17.6. The number of ether oxygens (including phenoxy) is 2. The highest BCUT2D eigenvalue weighted by Crippen LogP contribution is 2.29. The normalized spacial score (nSPS) is 16.6. The molecule has 2 aliphatic heterocycles. The molecule has 8 heteroatoms. The molecule has 0 aromatic heterocycles. The lowest BCUT2D eigenvalue weighted by molar-refractivity contribution is -0.116. The van der Waals surface area contributed by atoms with Gasteiger partial charge in [0.15, 0.2) is 0 Å². The number of fused-ring (bicyclic) bond motifs is 1. The Bertz CT molecular complexity index is 1050. The molecule has 2 N–H and O–H groups in total. The van der Waals surface area contributed by atoms with E-state index in [4.69, 9.17) is 9.47 Å². The van der Waals surface area contributed by atoms with Crippen molar-refractivity contribution >= 4 is 40.6 Å². The Balaban J connectivity index is 1.24. The summed E-state index contributed by atoms with van der Waals surface area (Å²) in [6.07, 6.45) is 4.55. The summed E-state index contributed by atoms with van der Waals surface area (Å²) < 4.78 is 11.7. The minimum absolute atomic E-state index is 0.0384. The van der Waals surface area contributed by atoms with Crippen LogP contribution in [0.1, 0.15) is 30.4 Å². The Labute approximate surface area is 184 Å². The molecule has 31 heavy (non-hydrogen) atoms. The number of benzene rings is 2. The number of imide groups is 1. The monoisotopic (exact) mass is 438 g/mol. The van der Waals surface area contributed by atoms with Crippen LogP contribution in [0.25, 0.3) is 6.08 Å². The van der Waals surface area contributed by atoms with Crippen molar-refractivity contribution < 1.29 is 23.9 Å². The first-order chi connectivity index (χ1) is 15.1. The minimum atomic E-state index is -0.385. The largest absolute Gasteiger partial charge is 0.494 e. The number of unbranched alkanes of at least 4 members (excludes halogenated alkanes) is 1. The van der Waals surface area contributed by atoms with Gasteiger partial charge in [0.2, 0.25) is 5.91 Å². The van der Waals surface area contributed by atoms with Crippen LogP contribution >= 0.6 is 11.8 Å². The maximum absolute atomic E-state index is 11.7. The Morgan fingerprint density at radius 2 is 1.74 bits per heavy atom. The highest BCUT2D eigenvalue weighted by atomic mass is 32.2. The number of anilines is 1. The zero-order chi connectivity index (χ0) is 21.6. The number of carbonyl (C=O) groups excluding carboxylic acids is 3. The number of carbonyl (C=O) groups is 3. The summed E-state index contributed by atoms with van der Waals surface area (Å²) in [6, 6.07) is 13.2. The molecule has 2 aliphatic rings. The van der Waals surface area contributed by atoms with E-state index in [1.807, 2.05) is 42.5 Å². The number of thioether (sulfide) groups is 1. The van der Waals surface area contributed by atoms with Crippen molar-refractivity contribution in [3.63, 3.8) is 0 Å². The van der Waals surface area contributed by atoms with Crippen molar-refractivity contribution in [2.45, 2.75) is 25.7 Å². The molecule has 0 unspecified atom stereocenters. The van der Waals surface area contributed by atoms with Gasteiger partial charge in [0.25, 0.3) is 11.1 Å². The van der Waals surface area contributed by atoms with E-state index in [2.05, 4.69) is 10.6 Å². The Morgan fingerprint density at radius 1 is 0.935 bits per heavy atom. The summed E-state index contributed by atoms with van der Waals surface area (Å²) in [5, 5.41) is 4.76. The first-order valence-corrected chi connectivity index (χ1v) is 10.9. The number of para-hydroxylation sites is 1. The minimum Gasteiger partial charge on any atom is -0.494 e. The second kappa shape index (κ2) is 9.70. The lowest BCUT2D eigenvalue weighted by Gasteiger charge is -2.17. The first kappa shape index (κ1) is 21.0. The molecular weight excluding hydrogens is 416 g/mol. The molecule has 4 rings (SSSR count). The smallest absolute Gasteiger partial charge is 0.290 e. The third-order valence-electron chi connectivity index (χ3n) is 4.89. The van der Waals surface area contributed by atoms with Crippen LogP contribution in [-0.4, -0.2) is 30.3 Å². The standard InChI is InChI=1S/C23H22N2O5S/c26-21-10-8-15-7-9-17(14-18(15)24-21)29-11-3-4-12-30-19-6-2-1-5-16(19)13-20-22(27)25-23(28)31-20/h1-2,5-7,9,13-14H,3-4,8,10-12H2,(H,24,26)(H,25,27,28). The number of hydrogen-bond acceptors (Lipinski definition) is 6. The predicted molar refractivity (Wildman–Crippen MR) is 119 cm³/mol. The lowest BCUT2D eigenvalue weighted by Crippen LogP contribution is -2.18. The molecule has 1 fully saturated rings. The quantitative estimate of drug-likeness (QED) is 0.475. The maximum Gasteiger partial charge on any atom is 0.290 e. The van der Waals surface area contributed by atoms with Gasteiger partial charge in [-0.25, -0.2) is 0 Å². The van der Waals surface area contributed by atoms with Crippen LogP contribution in [0.5, 0.6) is 11.5 Å². The van der Waals surface area contributed by atoms with E-state index >= 15 is 0 Å². The van der Waals surface area contributed by atoms with Crippen molar-refractivity contribution in [3.05, 3.63) is 58.5 Å². The summed E-state index contributed by atoms with van der Waals surface area (Å²) in [4.78, 5) is 35.0. The number of rotatable bonds is 8. The van der Waals surface area contributed by atoms with Crippen LogP contribution in [0.3, 0.4) is 0 Å². The van der Waals surface area contributed by atoms with E-state index in [0.717, 1.165) is 53.6 Å². The molecule has 0 bridgehead atoms. The fourth-order valence-electron chi connectivity index (χ4n) is 3.31. The molecule has 0 spiro atoms. The Kier molecular flexibility index (Phi) is 6.57. The molecule has 0 radical (unpaired) electrons. The SMILES string of the molecule is O=C1CCc2ccc(OCCCCOc3ccccc3C=C3SC(=O)NC3=O)cc2N1. The second-order valence-electron chi connectivity index (χ2n) is 7.16. The van der Waals surface area contributed by atoms with Crippen LogP contribution in [0.2, 0.25) is 0 Å². The lowest BCUT2D eigenvalue weighted by atomic mass is 10.0. The number of hydrogen-bond donors (Lipinski definition) is 2. The summed E-state index contributed by atoms with van der Waals surface area (Å²) in [5.74, 6) is 1.05. The van der Waals surface area contributed by atoms with Crippen molar-refractivity contribution in [3.8, 4) is 11.5 Å². The van der Waals surface area contributed by atoms with Gasteiger partial charge in [-0.3, -0.25) is 19.7 Å². The number of amides is 3. The van der Waals surface area contributed by atoms with E-state index < -0.39 is 0 Å². The molecule has 0 aliphatic carbocycles. The summed E-state index contributed by atoms with van der Waals surface area (Å²) in [5.41, 5.74) is 2.72. The molecule has 0 saturated carbocycles. The first-order valence-electron chi connectivity index (χ1n) is 10.1. The fraction of sp³-hybridized carbons (Fsp3) is 0.261. The second-order valence-corrected chi connectivity index (χ2v) is 8.18. The van der Waals surface area contributed by atoms with Crippen LogP contribution < -0.4 is 20.1 Å². The van der Waals surface area contributed by atoms with Gasteiger partial charge in [0.05, 0.1) is 18.1 Å². The highest BCUT2D eigenvalue weighted by molar-refractivity contribution is 8.18. The van der Waals surface area contributed by atoms with Gasteiger partial charge in [0, 0.05) is 23.7 Å². The average molecular weight is 439 g/mol. The van der Waals surface area contributed by atoms with Gasteiger partial charge in [-0.05, 0) is 54.8 Å².